The number of benzene rings is 2. The van der Waals surface area contributed by atoms with Crippen LogP contribution in [0.1, 0.15) is 39.9 Å². The van der Waals surface area contributed by atoms with Crippen LogP contribution < -0.4 is 5.32 Å². The Morgan fingerprint density at radius 2 is 1.91 bits per heavy atom. The van der Waals surface area contributed by atoms with Gasteiger partial charge < -0.3 is 5.32 Å². The highest BCUT2D eigenvalue weighted by Gasteiger charge is 2.32. The van der Waals surface area contributed by atoms with Crippen LogP contribution in [0, 0.1) is 11.8 Å². The number of carbonyl (C=O) groups is 1. The maximum Gasteiger partial charge on any atom is 0.417 e. The molecular formula is C26H21F3N4O. The number of aliphatic imine (C=N–C) groups is 1. The molecule has 0 unspecified atom stereocenters. The van der Waals surface area contributed by atoms with Gasteiger partial charge in [0.25, 0.3) is 5.91 Å². The number of rotatable bonds is 6. The van der Waals surface area contributed by atoms with Gasteiger partial charge in [-0.15, -0.1) is 0 Å². The lowest BCUT2D eigenvalue weighted by atomic mass is 10.0. The molecule has 1 amide bonds. The van der Waals surface area contributed by atoms with Gasteiger partial charge in [-0.2, -0.15) is 18.3 Å². The highest BCUT2D eigenvalue weighted by atomic mass is 19.4. The first-order valence-electron chi connectivity index (χ1n) is 10.7. The number of hydrogen-bond acceptors (Lipinski definition) is 3. The molecule has 0 aliphatic carbocycles. The second-order valence-corrected chi connectivity index (χ2v) is 7.61. The molecule has 0 atom stereocenters. The van der Waals surface area contributed by atoms with Crippen molar-refractivity contribution in [1.29, 1.82) is 0 Å². The largest absolute Gasteiger partial charge is 0.417 e. The summed E-state index contributed by atoms with van der Waals surface area (Å²) >= 11 is 0. The van der Waals surface area contributed by atoms with E-state index in [4.69, 9.17) is 0 Å². The van der Waals surface area contributed by atoms with Crippen molar-refractivity contribution in [3.63, 3.8) is 0 Å². The van der Waals surface area contributed by atoms with Crippen molar-refractivity contribution in [2.75, 3.05) is 13.1 Å². The molecule has 5 nitrogen and oxygen atoms in total. The third-order valence-corrected chi connectivity index (χ3v) is 5.22. The number of nitrogens with zero attached hydrogens (tertiary/aromatic N) is 3. The summed E-state index contributed by atoms with van der Waals surface area (Å²) in [6.45, 7) is 1.20. The van der Waals surface area contributed by atoms with E-state index in [1.54, 1.807) is 41.3 Å². The number of nitrogens with one attached hydrogen (secondary N) is 1. The van der Waals surface area contributed by atoms with Gasteiger partial charge in [0.1, 0.15) is 0 Å². The van der Waals surface area contributed by atoms with Crippen molar-refractivity contribution >= 4 is 12.1 Å². The van der Waals surface area contributed by atoms with Crippen LogP contribution >= 0.6 is 0 Å². The maximum absolute atomic E-state index is 13.3. The Labute approximate surface area is 195 Å². The number of halogens is 3. The summed E-state index contributed by atoms with van der Waals surface area (Å²) in [5, 5.41) is 7.06. The Balaban J connectivity index is 1.58. The van der Waals surface area contributed by atoms with Gasteiger partial charge in [0.05, 0.1) is 23.4 Å². The zero-order valence-electron chi connectivity index (χ0n) is 18.1. The first-order chi connectivity index (χ1) is 16.4. The number of carbonyl (C=O) groups excluding carboxylic acids is 1. The quantitative estimate of drug-likeness (QED) is 0.422. The second kappa shape index (κ2) is 10.2. The van der Waals surface area contributed by atoms with Crippen molar-refractivity contribution in [2.45, 2.75) is 19.0 Å². The molecule has 34 heavy (non-hydrogen) atoms. The smallest absolute Gasteiger partial charge is 0.352 e. The van der Waals surface area contributed by atoms with Crippen LogP contribution in [0.4, 0.5) is 13.2 Å². The molecule has 0 spiro atoms. The number of alkyl halides is 3. The molecule has 0 fully saturated rings. The minimum Gasteiger partial charge on any atom is -0.352 e. The number of hydrogen-bond donors (Lipinski definition) is 1. The van der Waals surface area contributed by atoms with E-state index in [1.165, 1.54) is 18.2 Å². The van der Waals surface area contributed by atoms with Gasteiger partial charge in [0, 0.05) is 36.3 Å². The summed E-state index contributed by atoms with van der Waals surface area (Å²) in [7, 11) is 0. The predicted molar refractivity (Wildman–Crippen MR) is 124 cm³/mol. The fourth-order valence-corrected chi connectivity index (χ4v) is 3.52. The first-order valence-corrected chi connectivity index (χ1v) is 10.7. The van der Waals surface area contributed by atoms with E-state index in [2.05, 4.69) is 33.3 Å². The summed E-state index contributed by atoms with van der Waals surface area (Å²) in [4.78, 5) is 16.8. The normalized spacial score (nSPS) is 12.7. The molecule has 1 aromatic heterocycles. The molecular weight excluding hydrogens is 441 g/mol. The van der Waals surface area contributed by atoms with Crippen LogP contribution in [0.3, 0.4) is 0 Å². The predicted octanol–water partition coefficient (Wildman–Crippen LogP) is 4.81. The summed E-state index contributed by atoms with van der Waals surface area (Å²) in [6, 6.07) is 11.8. The third kappa shape index (κ3) is 5.62. The SMILES string of the molecule is O=C(NCCCC1=CCN=C1)c1ccc(-n2cccn2)c(C#Cc2ccccc2C(F)(F)F)c1. The molecule has 172 valence electrons. The maximum atomic E-state index is 13.3. The summed E-state index contributed by atoms with van der Waals surface area (Å²) in [5.41, 5.74) is 1.53. The summed E-state index contributed by atoms with van der Waals surface area (Å²) in [6.07, 6.45) is 4.27. The molecule has 1 aliphatic rings. The van der Waals surface area contributed by atoms with Gasteiger partial charge in [-0.3, -0.25) is 9.79 Å². The number of allylic oxidation sites excluding steroid dienone is 1. The molecule has 0 saturated heterocycles. The monoisotopic (exact) mass is 462 g/mol. The highest BCUT2D eigenvalue weighted by Crippen LogP contribution is 2.31. The first kappa shape index (κ1) is 23.1. The average Bonchev–Trinajstić information content (AvgIpc) is 3.54. The molecule has 1 aliphatic heterocycles. The van der Waals surface area contributed by atoms with Gasteiger partial charge in [-0.05, 0) is 54.8 Å². The number of aromatic nitrogens is 2. The Morgan fingerprint density at radius 1 is 1.09 bits per heavy atom. The van der Waals surface area contributed by atoms with Crippen LogP contribution in [0.25, 0.3) is 5.69 Å². The van der Waals surface area contributed by atoms with Gasteiger partial charge in [-0.25, -0.2) is 4.68 Å². The summed E-state index contributed by atoms with van der Waals surface area (Å²) in [5.74, 6) is 5.17. The lowest BCUT2D eigenvalue weighted by Gasteiger charge is -2.10. The van der Waals surface area contributed by atoms with Crippen LogP contribution in [-0.4, -0.2) is 35.0 Å². The lowest BCUT2D eigenvalue weighted by Crippen LogP contribution is -2.24. The zero-order valence-corrected chi connectivity index (χ0v) is 18.1. The van der Waals surface area contributed by atoms with E-state index in [0.717, 1.165) is 24.5 Å². The third-order valence-electron chi connectivity index (χ3n) is 5.22. The zero-order chi connectivity index (χ0) is 24.0. The van der Waals surface area contributed by atoms with Crippen LogP contribution in [0.5, 0.6) is 0 Å². The van der Waals surface area contributed by atoms with Gasteiger partial charge in [0.15, 0.2) is 0 Å². The fourth-order valence-electron chi connectivity index (χ4n) is 3.52. The molecule has 3 aromatic rings. The minimum atomic E-state index is -4.52. The van der Waals surface area contributed by atoms with E-state index >= 15 is 0 Å². The molecule has 4 rings (SSSR count). The van der Waals surface area contributed by atoms with Gasteiger partial charge in [0.2, 0.25) is 0 Å². The van der Waals surface area contributed by atoms with Crippen LogP contribution in [0.2, 0.25) is 0 Å². The van der Waals surface area contributed by atoms with Crippen LogP contribution in [-0.2, 0) is 6.18 Å². The highest BCUT2D eigenvalue weighted by molar-refractivity contribution is 5.95. The topological polar surface area (TPSA) is 59.3 Å². The Bertz CT molecular complexity index is 1300. The molecule has 2 heterocycles. The van der Waals surface area contributed by atoms with E-state index in [0.29, 0.717) is 29.9 Å². The van der Waals surface area contributed by atoms with Crippen molar-refractivity contribution < 1.29 is 18.0 Å². The minimum absolute atomic E-state index is 0.138. The van der Waals surface area contributed by atoms with Gasteiger partial charge in [-0.1, -0.05) is 30.0 Å². The number of amides is 1. The molecule has 1 N–H and O–H groups in total. The van der Waals surface area contributed by atoms with E-state index < -0.39 is 11.7 Å². The Kier molecular flexibility index (Phi) is 6.93. The standard InChI is InChI=1S/C26H21F3N4O/c27-26(28,29)23-7-2-1-6-20(23)8-9-21-17-22(10-11-24(21)33-16-4-14-32-33)25(34)31-13-3-5-19-12-15-30-18-19/h1-2,4,6-7,10-12,14,16-18H,3,5,13,15H2,(H,31,34). The Morgan fingerprint density at radius 3 is 2.65 bits per heavy atom. The lowest BCUT2D eigenvalue weighted by molar-refractivity contribution is -0.137. The van der Waals surface area contributed by atoms with Gasteiger partial charge >= 0.3 is 6.18 Å². The van der Waals surface area contributed by atoms with Crippen molar-refractivity contribution in [1.82, 2.24) is 15.1 Å². The van der Waals surface area contributed by atoms with E-state index in [-0.39, 0.29) is 11.5 Å². The van der Waals surface area contributed by atoms with Crippen LogP contribution in [0.15, 0.2) is 77.6 Å². The van der Waals surface area contributed by atoms with Crippen molar-refractivity contribution in [3.05, 3.63) is 94.8 Å². The molecule has 8 heteroatoms. The molecule has 2 aromatic carbocycles. The average molecular weight is 462 g/mol. The molecule has 0 bridgehead atoms. The van der Waals surface area contributed by atoms with Crippen molar-refractivity contribution in [3.8, 4) is 17.5 Å². The molecule has 0 saturated carbocycles. The fraction of sp³-hybridized carbons (Fsp3) is 0.192. The van der Waals surface area contributed by atoms with E-state index in [1.807, 2.05) is 6.21 Å². The Hall–Kier alpha value is -4.12. The van der Waals surface area contributed by atoms with Crippen molar-refractivity contribution in [2.24, 2.45) is 4.99 Å². The molecule has 0 radical (unpaired) electrons. The van der Waals surface area contributed by atoms with E-state index in [9.17, 15) is 18.0 Å². The second-order valence-electron chi connectivity index (χ2n) is 7.61. The summed E-state index contributed by atoms with van der Waals surface area (Å²) < 4.78 is 41.6.